The van der Waals surface area contributed by atoms with Crippen LogP contribution in [-0.4, -0.2) is 5.11 Å². The third-order valence-electron chi connectivity index (χ3n) is 2.03. The molecule has 0 aliphatic rings. The number of phenols is 1. The number of benzene rings is 1. The number of aromatic hydroxyl groups is 1. The summed E-state index contributed by atoms with van der Waals surface area (Å²) in [5, 5.41) is 10.1. The summed E-state index contributed by atoms with van der Waals surface area (Å²) >= 11 is 5.86. The Morgan fingerprint density at radius 3 is 2.36 bits per heavy atom. The Hall–Kier alpha value is -1.13. The Morgan fingerprint density at radius 1 is 1.36 bits per heavy atom. The summed E-state index contributed by atoms with van der Waals surface area (Å²) in [7, 11) is 0. The third-order valence-corrected chi connectivity index (χ3v) is 2.25. The van der Waals surface area contributed by atoms with Gasteiger partial charge in [0.2, 0.25) is 0 Å². The van der Waals surface area contributed by atoms with Crippen LogP contribution in [0.4, 0.5) is 0 Å². The Labute approximate surface area is 89.7 Å². The number of rotatable bonds is 0. The zero-order chi connectivity index (χ0) is 10.9. The highest BCUT2D eigenvalue weighted by atomic mass is 35.5. The van der Waals surface area contributed by atoms with Gasteiger partial charge in [-0.15, -0.1) is 6.42 Å². The standard InChI is InChI=1S/C12H13ClO/c1-5-9-10(12(2,3)4)6-8(13)7-11(9)14/h1,6-7,14H,2-4H3. The van der Waals surface area contributed by atoms with Crippen LogP contribution in [-0.2, 0) is 5.41 Å². The first kappa shape index (κ1) is 10.9. The molecule has 0 radical (unpaired) electrons. The van der Waals surface area contributed by atoms with Crippen LogP contribution in [0.25, 0.3) is 0 Å². The van der Waals surface area contributed by atoms with Gasteiger partial charge in [-0.2, -0.15) is 0 Å². The van der Waals surface area contributed by atoms with Crippen molar-refractivity contribution in [3.05, 3.63) is 28.3 Å². The average molecular weight is 209 g/mol. The largest absolute Gasteiger partial charge is 0.507 e. The molecule has 1 aromatic carbocycles. The molecule has 0 unspecified atom stereocenters. The van der Waals surface area contributed by atoms with Gasteiger partial charge in [-0.3, -0.25) is 0 Å². The topological polar surface area (TPSA) is 20.2 Å². The molecular formula is C12H13ClO. The molecule has 1 nitrogen and oxygen atoms in total. The molecule has 0 aliphatic carbocycles. The van der Waals surface area contributed by atoms with Crippen molar-refractivity contribution < 1.29 is 5.11 Å². The average Bonchev–Trinajstić information content (AvgIpc) is 2.01. The lowest BCUT2D eigenvalue weighted by Crippen LogP contribution is -2.13. The van der Waals surface area contributed by atoms with Crippen molar-refractivity contribution in [1.82, 2.24) is 0 Å². The first-order valence-corrected chi connectivity index (χ1v) is 4.73. The van der Waals surface area contributed by atoms with Crippen LogP contribution in [0.1, 0.15) is 31.9 Å². The zero-order valence-corrected chi connectivity index (χ0v) is 9.31. The summed E-state index contributed by atoms with van der Waals surface area (Å²) in [5.41, 5.74) is 1.30. The molecule has 0 aliphatic heterocycles. The van der Waals surface area contributed by atoms with Crippen molar-refractivity contribution in [3.63, 3.8) is 0 Å². The Balaban J connectivity index is 3.50. The lowest BCUT2D eigenvalue weighted by molar-refractivity contribution is 0.469. The van der Waals surface area contributed by atoms with E-state index >= 15 is 0 Å². The van der Waals surface area contributed by atoms with Crippen LogP contribution in [0.15, 0.2) is 12.1 Å². The minimum atomic E-state index is -0.121. The fourth-order valence-corrected chi connectivity index (χ4v) is 1.55. The molecule has 1 rings (SSSR count). The van der Waals surface area contributed by atoms with Gasteiger partial charge in [-0.05, 0) is 23.1 Å². The zero-order valence-electron chi connectivity index (χ0n) is 8.56. The van der Waals surface area contributed by atoms with Gasteiger partial charge in [0.05, 0.1) is 5.56 Å². The molecule has 0 spiro atoms. The lowest BCUT2D eigenvalue weighted by Gasteiger charge is -2.21. The molecule has 0 heterocycles. The summed E-state index contributed by atoms with van der Waals surface area (Å²) in [6.07, 6.45) is 5.35. The molecule has 0 saturated heterocycles. The molecular weight excluding hydrogens is 196 g/mol. The molecule has 0 bridgehead atoms. The van der Waals surface area contributed by atoms with Gasteiger partial charge in [0.1, 0.15) is 5.75 Å². The van der Waals surface area contributed by atoms with Gasteiger partial charge in [0.25, 0.3) is 0 Å². The highest BCUT2D eigenvalue weighted by Gasteiger charge is 2.20. The molecule has 2 heteroatoms. The van der Waals surface area contributed by atoms with Crippen LogP contribution >= 0.6 is 11.6 Å². The van der Waals surface area contributed by atoms with Crippen LogP contribution in [0, 0.1) is 12.3 Å². The van der Waals surface area contributed by atoms with E-state index in [0.29, 0.717) is 10.6 Å². The molecule has 14 heavy (non-hydrogen) atoms. The first-order valence-electron chi connectivity index (χ1n) is 4.36. The number of halogens is 1. The van der Waals surface area contributed by atoms with E-state index < -0.39 is 0 Å². The Kier molecular flexibility index (Phi) is 2.78. The first-order chi connectivity index (χ1) is 6.36. The Bertz CT molecular complexity index is 394. The van der Waals surface area contributed by atoms with Crippen molar-refractivity contribution in [2.24, 2.45) is 0 Å². The predicted octanol–water partition coefficient (Wildman–Crippen LogP) is 3.32. The molecule has 0 aromatic heterocycles. The van der Waals surface area contributed by atoms with Crippen molar-refractivity contribution in [2.45, 2.75) is 26.2 Å². The van der Waals surface area contributed by atoms with Crippen LogP contribution in [0.2, 0.25) is 5.02 Å². The van der Waals surface area contributed by atoms with Gasteiger partial charge >= 0.3 is 0 Å². The normalized spacial score (nSPS) is 11.1. The van der Waals surface area contributed by atoms with Gasteiger partial charge in [0, 0.05) is 5.02 Å². The second-order valence-electron chi connectivity index (χ2n) is 4.24. The molecule has 0 saturated carbocycles. The minimum absolute atomic E-state index is 0.0740. The van der Waals surface area contributed by atoms with E-state index in [0.717, 1.165) is 5.56 Å². The van der Waals surface area contributed by atoms with E-state index in [9.17, 15) is 5.11 Å². The van der Waals surface area contributed by atoms with E-state index in [-0.39, 0.29) is 11.2 Å². The molecule has 0 fully saturated rings. The van der Waals surface area contributed by atoms with Crippen LogP contribution in [0.3, 0.4) is 0 Å². The quantitative estimate of drug-likeness (QED) is 0.649. The van der Waals surface area contributed by atoms with E-state index in [1.54, 1.807) is 6.07 Å². The van der Waals surface area contributed by atoms with E-state index in [4.69, 9.17) is 18.0 Å². The predicted molar refractivity (Wildman–Crippen MR) is 59.8 cm³/mol. The Morgan fingerprint density at radius 2 is 1.93 bits per heavy atom. The number of hydrogen-bond donors (Lipinski definition) is 1. The summed E-state index contributed by atoms with van der Waals surface area (Å²) < 4.78 is 0. The summed E-state index contributed by atoms with van der Waals surface area (Å²) in [6.45, 7) is 6.08. The van der Waals surface area contributed by atoms with Crippen LogP contribution in [0.5, 0.6) is 5.75 Å². The minimum Gasteiger partial charge on any atom is -0.507 e. The summed E-state index contributed by atoms with van der Waals surface area (Å²) in [4.78, 5) is 0. The van der Waals surface area contributed by atoms with Crippen molar-refractivity contribution >= 4 is 11.6 Å². The number of hydrogen-bond acceptors (Lipinski definition) is 1. The third kappa shape index (κ3) is 2.02. The van der Waals surface area contributed by atoms with Crippen LogP contribution < -0.4 is 0 Å². The summed E-state index contributed by atoms with van der Waals surface area (Å²) in [6, 6.07) is 3.27. The second-order valence-corrected chi connectivity index (χ2v) is 4.68. The summed E-state index contributed by atoms with van der Waals surface area (Å²) in [5.74, 6) is 2.56. The maximum Gasteiger partial charge on any atom is 0.132 e. The highest BCUT2D eigenvalue weighted by molar-refractivity contribution is 6.30. The maximum absolute atomic E-state index is 9.61. The van der Waals surface area contributed by atoms with Crippen molar-refractivity contribution in [3.8, 4) is 18.1 Å². The molecule has 0 amide bonds. The highest BCUT2D eigenvalue weighted by Crippen LogP contribution is 2.33. The monoisotopic (exact) mass is 208 g/mol. The SMILES string of the molecule is C#Cc1c(O)cc(Cl)cc1C(C)(C)C. The smallest absolute Gasteiger partial charge is 0.132 e. The van der Waals surface area contributed by atoms with E-state index in [1.807, 2.05) is 20.8 Å². The fourth-order valence-electron chi connectivity index (χ4n) is 1.34. The molecule has 74 valence electrons. The van der Waals surface area contributed by atoms with E-state index in [1.165, 1.54) is 6.07 Å². The maximum atomic E-state index is 9.61. The van der Waals surface area contributed by atoms with Crippen molar-refractivity contribution in [2.75, 3.05) is 0 Å². The number of phenolic OH excluding ortho intramolecular Hbond substituents is 1. The lowest BCUT2D eigenvalue weighted by atomic mass is 9.83. The number of terminal acetylenes is 1. The van der Waals surface area contributed by atoms with Gasteiger partial charge in [-0.25, -0.2) is 0 Å². The van der Waals surface area contributed by atoms with Gasteiger partial charge in [0.15, 0.2) is 0 Å². The second kappa shape index (κ2) is 3.55. The molecule has 0 atom stereocenters. The van der Waals surface area contributed by atoms with E-state index in [2.05, 4.69) is 5.92 Å². The van der Waals surface area contributed by atoms with Gasteiger partial charge in [-0.1, -0.05) is 38.3 Å². The molecule has 1 aromatic rings. The van der Waals surface area contributed by atoms with Crippen molar-refractivity contribution in [1.29, 1.82) is 0 Å². The fraction of sp³-hybridized carbons (Fsp3) is 0.333. The van der Waals surface area contributed by atoms with Gasteiger partial charge < -0.3 is 5.11 Å². The molecule has 1 N–H and O–H groups in total.